The summed E-state index contributed by atoms with van der Waals surface area (Å²) in [5, 5.41) is 0. The van der Waals surface area contributed by atoms with Crippen molar-refractivity contribution in [1.82, 2.24) is 0 Å². The maximum absolute atomic E-state index is 6.19. The van der Waals surface area contributed by atoms with E-state index in [1.807, 2.05) is 5.70 Å². The van der Waals surface area contributed by atoms with Crippen LogP contribution in [0.15, 0.2) is 24.4 Å². The average Bonchev–Trinajstić information content (AvgIpc) is 2.65. The Morgan fingerprint density at radius 2 is 1.85 bits per heavy atom. The van der Waals surface area contributed by atoms with E-state index in [1.54, 1.807) is 0 Å². The van der Waals surface area contributed by atoms with E-state index < -0.39 is 8.32 Å². The first-order valence-corrected chi connectivity index (χ1v) is 8.11. The van der Waals surface area contributed by atoms with Crippen LogP contribution in [-0.2, 0) is 4.43 Å². The summed E-state index contributed by atoms with van der Waals surface area (Å²) in [6.07, 6.45) is 7.82. The van der Waals surface area contributed by atoms with Crippen LogP contribution in [0.1, 0.15) is 12.8 Å². The molecule has 0 saturated heterocycles. The van der Waals surface area contributed by atoms with Crippen LogP contribution in [0.25, 0.3) is 0 Å². The second kappa shape index (κ2) is 3.10. The predicted octanol–water partition coefficient (Wildman–Crippen LogP) is 2.90. The Labute approximate surface area is 81.6 Å². The highest BCUT2D eigenvalue weighted by Gasteiger charge is 2.40. The lowest BCUT2D eigenvalue weighted by Gasteiger charge is -2.27. The maximum Gasteiger partial charge on any atom is 0.210 e. The van der Waals surface area contributed by atoms with Crippen molar-refractivity contribution < 1.29 is 4.43 Å². The van der Waals surface area contributed by atoms with Gasteiger partial charge in [0.25, 0.3) is 0 Å². The highest BCUT2D eigenvalue weighted by Crippen LogP contribution is 2.42. The lowest BCUT2D eigenvalue weighted by Crippen LogP contribution is -2.36. The first-order chi connectivity index (χ1) is 6.12. The minimum absolute atomic E-state index is 0.486. The molecule has 2 heteroatoms. The van der Waals surface area contributed by atoms with Crippen molar-refractivity contribution in [1.29, 1.82) is 0 Å². The Balaban J connectivity index is 2.01. The molecule has 0 amide bonds. The van der Waals surface area contributed by atoms with Gasteiger partial charge in [0.15, 0.2) is 0 Å². The van der Waals surface area contributed by atoms with Crippen LogP contribution in [0, 0.1) is 11.8 Å². The zero-order chi connectivity index (χ0) is 9.47. The summed E-state index contributed by atoms with van der Waals surface area (Å²) in [6.45, 7) is 8.30. The summed E-state index contributed by atoms with van der Waals surface area (Å²) in [5.41, 5.74) is 2.03. The normalized spacial score (nSPS) is 36.9. The highest BCUT2D eigenvalue weighted by atomic mass is 28.4. The van der Waals surface area contributed by atoms with Gasteiger partial charge in [0.2, 0.25) is 8.32 Å². The van der Waals surface area contributed by atoms with Gasteiger partial charge in [0, 0.05) is 11.8 Å². The molecule has 2 bridgehead atoms. The lowest BCUT2D eigenvalue weighted by atomic mass is 10.1. The second-order valence-electron chi connectivity index (χ2n) is 4.68. The third-order valence-corrected chi connectivity index (χ3v) is 5.08. The molecule has 1 saturated carbocycles. The molecular formula is C11H18OSi. The Kier molecular flexibility index (Phi) is 2.20. The molecule has 2 aliphatic rings. The molecular weight excluding hydrogens is 176 g/mol. The molecule has 0 aromatic carbocycles. The van der Waals surface area contributed by atoms with E-state index in [0.717, 1.165) is 0 Å². The van der Waals surface area contributed by atoms with Gasteiger partial charge in [-0.15, -0.1) is 6.58 Å². The number of fused-ring (bicyclic) bond motifs is 2. The fourth-order valence-corrected chi connectivity index (χ4v) is 3.45. The molecule has 1 nitrogen and oxygen atoms in total. The molecule has 2 atom stereocenters. The molecule has 0 N–H and O–H groups in total. The first kappa shape index (κ1) is 9.22. The second-order valence-corrected chi connectivity index (χ2v) is 8.53. The Hall–Kier alpha value is -0.343. The first-order valence-electron chi connectivity index (χ1n) is 5.12. The van der Waals surface area contributed by atoms with Crippen LogP contribution in [0.3, 0.4) is 0 Å². The average molecular weight is 194 g/mol. The summed E-state index contributed by atoms with van der Waals surface area (Å²) in [4.78, 5) is 0. The summed E-state index contributed by atoms with van der Waals surface area (Å²) in [6, 6.07) is 0. The molecule has 2 unspecified atom stereocenters. The largest absolute Gasteiger partial charge is 0.409 e. The van der Waals surface area contributed by atoms with Gasteiger partial charge in [-0.3, -0.25) is 0 Å². The standard InChI is InChI=1S/C11H18OSi/c1-4-13(2,3)12-11-9-5-6-10(11)8-7-9/h4-6,9-11H,1,7-8H2,2-3H3. The van der Waals surface area contributed by atoms with Gasteiger partial charge >= 0.3 is 0 Å². The Morgan fingerprint density at radius 1 is 1.31 bits per heavy atom. The van der Waals surface area contributed by atoms with E-state index in [0.29, 0.717) is 17.9 Å². The topological polar surface area (TPSA) is 9.23 Å². The molecule has 0 aromatic rings. The van der Waals surface area contributed by atoms with Crippen LogP contribution in [0.2, 0.25) is 13.1 Å². The van der Waals surface area contributed by atoms with E-state index >= 15 is 0 Å². The van der Waals surface area contributed by atoms with Crippen molar-refractivity contribution >= 4 is 8.32 Å². The van der Waals surface area contributed by atoms with Gasteiger partial charge in [-0.2, -0.15) is 0 Å². The molecule has 0 aromatic heterocycles. The van der Waals surface area contributed by atoms with Crippen molar-refractivity contribution in [3.63, 3.8) is 0 Å². The van der Waals surface area contributed by atoms with Gasteiger partial charge in [-0.1, -0.05) is 17.9 Å². The minimum atomic E-state index is -1.56. The summed E-state index contributed by atoms with van der Waals surface area (Å²) >= 11 is 0. The number of rotatable bonds is 3. The van der Waals surface area contributed by atoms with Gasteiger partial charge < -0.3 is 4.43 Å². The predicted molar refractivity (Wildman–Crippen MR) is 57.9 cm³/mol. The Bertz CT molecular complexity index is 230. The van der Waals surface area contributed by atoms with Crippen LogP contribution >= 0.6 is 0 Å². The molecule has 13 heavy (non-hydrogen) atoms. The summed E-state index contributed by atoms with van der Waals surface area (Å²) in [7, 11) is -1.56. The molecule has 2 rings (SSSR count). The van der Waals surface area contributed by atoms with Crippen molar-refractivity contribution in [3.05, 3.63) is 24.4 Å². The third-order valence-electron chi connectivity index (χ3n) is 3.21. The number of hydrogen-bond acceptors (Lipinski definition) is 1. The minimum Gasteiger partial charge on any atom is -0.409 e. The lowest BCUT2D eigenvalue weighted by molar-refractivity contribution is 0.158. The zero-order valence-corrected chi connectivity index (χ0v) is 9.49. The van der Waals surface area contributed by atoms with Gasteiger partial charge in [-0.05, 0) is 25.9 Å². The van der Waals surface area contributed by atoms with E-state index in [1.165, 1.54) is 12.8 Å². The van der Waals surface area contributed by atoms with Gasteiger partial charge in [0.05, 0.1) is 6.10 Å². The third kappa shape index (κ3) is 1.65. The molecule has 2 aliphatic carbocycles. The monoisotopic (exact) mass is 194 g/mol. The SMILES string of the molecule is C=C[Si](C)(C)OC1C2C=CC1CC2. The Morgan fingerprint density at radius 3 is 2.23 bits per heavy atom. The smallest absolute Gasteiger partial charge is 0.210 e. The van der Waals surface area contributed by atoms with Crippen molar-refractivity contribution in [2.45, 2.75) is 32.0 Å². The molecule has 0 spiro atoms. The summed E-state index contributed by atoms with van der Waals surface area (Å²) in [5.74, 6) is 1.41. The van der Waals surface area contributed by atoms with Gasteiger partial charge in [-0.25, -0.2) is 0 Å². The van der Waals surface area contributed by atoms with Crippen LogP contribution in [0.5, 0.6) is 0 Å². The maximum atomic E-state index is 6.19. The van der Waals surface area contributed by atoms with Crippen LogP contribution in [-0.4, -0.2) is 14.4 Å². The van der Waals surface area contributed by atoms with Gasteiger partial charge in [0.1, 0.15) is 0 Å². The summed E-state index contributed by atoms with van der Waals surface area (Å²) < 4.78 is 6.19. The van der Waals surface area contributed by atoms with E-state index in [-0.39, 0.29) is 0 Å². The molecule has 1 fully saturated rings. The fourth-order valence-electron chi connectivity index (χ4n) is 2.30. The van der Waals surface area contributed by atoms with Crippen molar-refractivity contribution in [2.24, 2.45) is 11.8 Å². The highest BCUT2D eigenvalue weighted by molar-refractivity contribution is 6.76. The molecule has 0 radical (unpaired) electrons. The van der Waals surface area contributed by atoms with E-state index in [2.05, 4.69) is 31.8 Å². The van der Waals surface area contributed by atoms with Crippen molar-refractivity contribution in [3.8, 4) is 0 Å². The van der Waals surface area contributed by atoms with Crippen LogP contribution < -0.4 is 0 Å². The van der Waals surface area contributed by atoms with Crippen molar-refractivity contribution in [2.75, 3.05) is 0 Å². The van der Waals surface area contributed by atoms with E-state index in [4.69, 9.17) is 4.43 Å². The zero-order valence-electron chi connectivity index (χ0n) is 8.49. The number of hydrogen-bond donors (Lipinski definition) is 0. The quantitative estimate of drug-likeness (QED) is 0.496. The molecule has 72 valence electrons. The van der Waals surface area contributed by atoms with E-state index in [9.17, 15) is 0 Å². The molecule has 0 aliphatic heterocycles. The molecule has 0 heterocycles. The fraction of sp³-hybridized carbons (Fsp3) is 0.636. The van der Waals surface area contributed by atoms with Crippen LogP contribution in [0.4, 0.5) is 0 Å².